The largest absolute Gasteiger partial charge is 0.382 e. The van der Waals surface area contributed by atoms with E-state index in [1.807, 2.05) is 6.07 Å². The molecule has 0 bridgehead atoms. The molecule has 196 valence electrons. The molecule has 1 saturated heterocycles. The molecule has 1 atom stereocenters. The van der Waals surface area contributed by atoms with Crippen LogP contribution < -0.4 is 10.6 Å². The van der Waals surface area contributed by atoms with Crippen molar-refractivity contribution in [1.82, 2.24) is 34.7 Å². The molecule has 5 rings (SSSR count). The number of nitrogens with zero attached hydrogens (tertiary/aromatic N) is 6. The van der Waals surface area contributed by atoms with Crippen molar-refractivity contribution in [3.63, 3.8) is 0 Å². The van der Waals surface area contributed by atoms with E-state index in [9.17, 15) is 18.0 Å². The lowest BCUT2D eigenvalue weighted by Crippen LogP contribution is -2.36. The van der Waals surface area contributed by atoms with Gasteiger partial charge in [0.15, 0.2) is 5.82 Å². The molecule has 37 heavy (non-hydrogen) atoms. The van der Waals surface area contributed by atoms with Crippen LogP contribution in [0, 0.1) is 0 Å². The van der Waals surface area contributed by atoms with Crippen molar-refractivity contribution in [3.8, 4) is 11.6 Å². The molecule has 1 amide bonds. The number of hydrogen-bond donors (Lipinski definition) is 2. The standard InChI is InChI=1S/C24H27F3N8O2/c1-33-9-6-14(7-10-33)29-16-4-3-5-18-15(16)12-19(35(18)22(27)21(25)26)24-30-20(32-37-24)13-28-23(36)17-8-11-34(2)31-17/h3-5,8,11-12,14,21-22,29H,6-7,9-10,13H2,1-2H3,(H,28,36). The number of piperidine rings is 1. The van der Waals surface area contributed by atoms with Gasteiger partial charge in [-0.05, 0) is 57.2 Å². The molecular formula is C24H27F3N8O2. The van der Waals surface area contributed by atoms with E-state index in [4.69, 9.17) is 4.52 Å². The summed E-state index contributed by atoms with van der Waals surface area (Å²) in [4.78, 5) is 18.7. The summed E-state index contributed by atoms with van der Waals surface area (Å²) in [5.74, 6) is -0.466. The number of alkyl halides is 3. The lowest BCUT2D eigenvalue weighted by atomic mass is 10.0. The Morgan fingerprint density at radius 1 is 1.19 bits per heavy atom. The third kappa shape index (κ3) is 5.17. The van der Waals surface area contributed by atoms with Crippen LogP contribution in [0.2, 0.25) is 0 Å². The Hall–Kier alpha value is -3.87. The fourth-order valence-electron chi connectivity index (χ4n) is 4.51. The van der Waals surface area contributed by atoms with Crippen molar-refractivity contribution < 1.29 is 22.5 Å². The molecule has 10 nitrogen and oxygen atoms in total. The predicted molar refractivity (Wildman–Crippen MR) is 130 cm³/mol. The highest BCUT2D eigenvalue weighted by atomic mass is 19.3. The van der Waals surface area contributed by atoms with Gasteiger partial charge >= 0.3 is 0 Å². The average Bonchev–Trinajstić information content (AvgIpc) is 3.62. The van der Waals surface area contributed by atoms with Gasteiger partial charge in [0.1, 0.15) is 11.4 Å². The maximum absolute atomic E-state index is 14.9. The zero-order valence-corrected chi connectivity index (χ0v) is 20.4. The van der Waals surface area contributed by atoms with E-state index < -0.39 is 18.6 Å². The molecule has 3 aromatic heterocycles. The molecule has 4 aromatic rings. The quantitative estimate of drug-likeness (QED) is 0.369. The minimum atomic E-state index is -3.26. The fourth-order valence-corrected chi connectivity index (χ4v) is 4.51. The van der Waals surface area contributed by atoms with Crippen molar-refractivity contribution in [2.24, 2.45) is 7.05 Å². The van der Waals surface area contributed by atoms with Crippen molar-refractivity contribution in [2.75, 3.05) is 25.5 Å². The van der Waals surface area contributed by atoms with Crippen LogP contribution >= 0.6 is 0 Å². The summed E-state index contributed by atoms with van der Waals surface area (Å²) < 4.78 is 49.7. The first-order valence-electron chi connectivity index (χ1n) is 11.9. The van der Waals surface area contributed by atoms with E-state index in [-0.39, 0.29) is 41.2 Å². The molecule has 1 aliphatic rings. The Balaban J connectivity index is 1.43. The van der Waals surface area contributed by atoms with Crippen LogP contribution in [0.5, 0.6) is 0 Å². The third-order valence-electron chi connectivity index (χ3n) is 6.46. The number of halogens is 3. The minimum absolute atomic E-state index is 0.0234. The average molecular weight is 517 g/mol. The van der Waals surface area contributed by atoms with Crippen molar-refractivity contribution >= 4 is 22.5 Å². The normalized spacial score (nSPS) is 15.9. The Kier molecular flexibility index (Phi) is 6.87. The molecule has 0 spiro atoms. The predicted octanol–water partition coefficient (Wildman–Crippen LogP) is 3.59. The second-order valence-corrected chi connectivity index (χ2v) is 9.14. The van der Waals surface area contributed by atoms with Gasteiger partial charge in [-0.3, -0.25) is 9.48 Å². The molecule has 4 heterocycles. The SMILES string of the molecule is CN1CCC(Nc2cccc3c2cc(-c2nc(CNC(=O)c4ccn(C)n4)no2)n3C(F)C(F)F)CC1. The highest BCUT2D eigenvalue weighted by Crippen LogP contribution is 2.37. The molecule has 2 N–H and O–H groups in total. The summed E-state index contributed by atoms with van der Waals surface area (Å²) in [5, 5.41) is 14.5. The molecule has 1 fully saturated rings. The van der Waals surface area contributed by atoms with E-state index in [1.54, 1.807) is 37.5 Å². The number of nitrogens with one attached hydrogen (secondary N) is 2. The van der Waals surface area contributed by atoms with Gasteiger partial charge in [-0.2, -0.15) is 10.1 Å². The number of hydrogen-bond acceptors (Lipinski definition) is 7. The Morgan fingerprint density at radius 3 is 2.68 bits per heavy atom. The van der Waals surface area contributed by atoms with Crippen LogP contribution in [-0.4, -0.2) is 67.9 Å². The van der Waals surface area contributed by atoms with Gasteiger partial charge in [0.05, 0.1) is 12.1 Å². The number of anilines is 1. The van der Waals surface area contributed by atoms with Gasteiger partial charge in [0.25, 0.3) is 18.2 Å². The maximum Gasteiger partial charge on any atom is 0.288 e. The van der Waals surface area contributed by atoms with Crippen LogP contribution in [-0.2, 0) is 13.6 Å². The Bertz CT molecular complexity index is 1390. The molecular weight excluding hydrogens is 489 g/mol. The van der Waals surface area contributed by atoms with E-state index in [1.165, 1.54) is 4.68 Å². The van der Waals surface area contributed by atoms with Crippen LogP contribution in [0.1, 0.15) is 35.5 Å². The zero-order chi connectivity index (χ0) is 26.1. The molecule has 0 radical (unpaired) electrons. The van der Waals surface area contributed by atoms with E-state index in [0.717, 1.165) is 36.2 Å². The molecule has 1 aliphatic heterocycles. The van der Waals surface area contributed by atoms with Gasteiger partial charge in [-0.25, -0.2) is 13.2 Å². The first-order chi connectivity index (χ1) is 17.8. The first kappa shape index (κ1) is 24.8. The highest BCUT2D eigenvalue weighted by Gasteiger charge is 2.29. The number of benzene rings is 1. The zero-order valence-electron chi connectivity index (χ0n) is 20.4. The van der Waals surface area contributed by atoms with Gasteiger partial charge < -0.3 is 24.6 Å². The second-order valence-electron chi connectivity index (χ2n) is 9.14. The molecule has 1 aromatic carbocycles. The van der Waals surface area contributed by atoms with Crippen molar-refractivity contribution in [1.29, 1.82) is 0 Å². The fraction of sp³-hybridized carbons (Fsp3) is 0.417. The minimum Gasteiger partial charge on any atom is -0.382 e. The Morgan fingerprint density at radius 2 is 1.97 bits per heavy atom. The topological polar surface area (TPSA) is 106 Å². The van der Waals surface area contributed by atoms with Gasteiger partial charge in [-0.1, -0.05) is 11.2 Å². The summed E-state index contributed by atoms with van der Waals surface area (Å²) in [5.41, 5.74) is 1.24. The summed E-state index contributed by atoms with van der Waals surface area (Å²) >= 11 is 0. The first-order valence-corrected chi connectivity index (χ1v) is 11.9. The number of amides is 1. The number of aromatic nitrogens is 5. The number of likely N-dealkylation sites (tertiary alicyclic amines) is 1. The highest BCUT2D eigenvalue weighted by molar-refractivity contribution is 5.96. The molecule has 13 heteroatoms. The number of carbonyl (C=O) groups is 1. The van der Waals surface area contributed by atoms with Gasteiger partial charge in [-0.15, -0.1) is 0 Å². The summed E-state index contributed by atoms with van der Waals surface area (Å²) in [6.07, 6.45) is -2.39. The smallest absolute Gasteiger partial charge is 0.288 e. The van der Waals surface area contributed by atoms with Crippen molar-refractivity contribution in [2.45, 2.75) is 38.1 Å². The lowest BCUT2D eigenvalue weighted by molar-refractivity contribution is 0.0113. The molecule has 0 aliphatic carbocycles. The maximum atomic E-state index is 14.9. The van der Waals surface area contributed by atoms with Crippen LogP contribution in [0.3, 0.4) is 0 Å². The monoisotopic (exact) mass is 516 g/mol. The van der Waals surface area contributed by atoms with Crippen LogP contribution in [0.25, 0.3) is 22.5 Å². The van der Waals surface area contributed by atoms with E-state index >= 15 is 0 Å². The molecule has 1 unspecified atom stereocenters. The van der Waals surface area contributed by atoms with Crippen LogP contribution in [0.4, 0.5) is 18.9 Å². The number of rotatable bonds is 8. The summed E-state index contributed by atoms with van der Waals surface area (Å²) in [6.45, 7) is 1.80. The number of aryl methyl sites for hydroxylation is 1. The third-order valence-corrected chi connectivity index (χ3v) is 6.46. The van der Waals surface area contributed by atoms with E-state index in [2.05, 4.69) is 37.8 Å². The number of carbonyl (C=O) groups excluding carboxylic acids is 1. The van der Waals surface area contributed by atoms with E-state index in [0.29, 0.717) is 5.39 Å². The number of fused-ring (bicyclic) bond motifs is 1. The van der Waals surface area contributed by atoms with Gasteiger partial charge in [0.2, 0.25) is 6.30 Å². The summed E-state index contributed by atoms with van der Waals surface area (Å²) in [7, 11) is 3.76. The van der Waals surface area contributed by atoms with Crippen molar-refractivity contribution in [3.05, 3.63) is 48.0 Å². The lowest BCUT2D eigenvalue weighted by Gasteiger charge is -2.30. The van der Waals surface area contributed by atoms with Crippen LogP contribution in [0.15, 0.2) is 41.1 Å². The second kappa shape index (κ2) is 10.2. The van der Waals surface area contributed by atoms with Gasteiger partial charge in [0, 0.05) is 30.4 Å². The molecule has 0 saturated carbocycles. The summed E-state index contributed by atoms with van der Waals surface area (Å²) in [6, 6.07) is 8.46. The Labute approximate surface area is 210 Å².